The average molecular weight is 273 g/mol. The van der Waals surface area contributed by atoms with Crippen molar-refractivity contribution < 1.29 is 4.79 Å². The van der Waals surface area contributed by atoms with Gasteiger partial charge in [0.2, 0.25) is 5.91 Å². The zero-order chi connectivity index (χ0) is 14.4. The van der Waals surface area contributed by atoms with Crippen LogP contribution in [0.1, 0.15) is 19.8 Å². The van der Waals surface area contributed by atoms with E-state index in [4.69, 9.17) is 5.73 Å². The Morgan fingerprint density at radius 1 is 1.50 bits per heavy atom. The number of aromatic nitrogens is 3. The maximum absolute atomic E-state index is 11.8. The summed E-state index contributed by atoms with van der Waals surface area (Å²) in [5.74, 6) is 0.906. The lowest BCUT2D eigenvalue weighted by Crippen LogP contribution is -2.21. The average Bonchev–Trinajstić information content (AvgIpc) is 2.99. The van der Waals surface area contributed by atoms with Crippen molar-refractivity contribution in [3.8, 4) is 5.82 Å². The lowest BCUT2D eigenvalue weighted by Gasteiger charge is -2.12. The number of anilines is 1. The predicted molar refractivity (Wildman–Crippen MR) is 77.4 cm³/mol. The molecule has 2 aromatic rings. The Morgan fingerprint density at radius 2 is 2.35 bits per heavy atom. The molecule has 0 saturated carbocycles. The van der Waals surface area contributed by atoms with Crippen molar-refractivity contribution in [2.75, 3.05) is 11.9 Å². The molecule has 0 saturated heterocycles. The third-order valence-corrected chi connectivity index (χ3v) is 3.16. The Balaban J connectivity index is 1.95. The van der Waals surface area contributed by atoms with Gasteiger partial charge in [-0.15, -0.1) is 0 Å². The first-order chi connectivity index (χ1) is 9.72. The topological polar surface area (TPSA) is 85.8 Å². The van der Waals surface area contributed by atoms with Crippen molar-refractivity contribution in [2.24, 2.45) is 11.7 Å². The summed E-state index contributed by atoms with van der Waals surface area (Å²) in [7, 11) is 0. The van der Waals surface area contributed by atoms with Crippen LogP contribution in [-0.4, -0.2) is 27.2 Å². The molecule has 1 atom stereocenters. The maximum Gasteiger partial charge on any atom is 0.224 e. The van der Waals surface area contributed by atoms with Crippen LogP contribution < -0.4 is 11.1 Å². The van der Waals surface area contributed by atoms with Gasteiger partial charge in [-0.3, -0.25) is 4.79 Å². The zero-order valence-electron chi connectivity index (χ0n) is 11.5. The van der Waals surface area contributed by atoms with Gasteiger partial charge in [0.1, 0.15) is 0 Å². The summed E-state index contributed by atoms with van der Waals surface area (Å²) in [6.45, 7) is 2.56. The van der Waals surface area contributed by atoms with Crippen LogP contribution in [0.4, 0.5) is 5.69 Å². The molecule has 2 heterocycles. The summed E-state index contributed by atoms with van der Waals surface area (Å²) in [6.07, 6.45) is 6.47. The van der Waals surface area contributed by atoms with Crippen molar-refractivity contribution in [1.29, 1.82) is 0 Å². The SMILES string of the molecule is CCC(CN)CC(=O)Nc1ccc(-n2cccn2)nc1. The molecule has 2 rings (SSSR count). The van der Waals surface area contributed by atoms with Gasteiger partial charge < -0.3 is 11.1 Å². The highest BCUT2D eigenvalue weighted by Crippen LogP contribution is 2.12. The van der Waals surface area contributed by atoms with Gasteiger partial charge >= 0.3 is 0 Å². The third kappa shape index (κ3) is 3.64. The highest BCUT2D eigenvalue weighted by molar-refractivity contribution is 5.90. The van der Waals surface area contributed by atoms with E-state index in [-0.39, 0.29) is 11.8 Å². The predicted octanol–water partition coefficient (Wildman–Crippen LogP) is 1.58. The van der Waals surface area contributed by atoms with Gasteiger partial charge in [-0.1, -0.05) is 13.3 Å². The van der Waals surface area contributed by atoms with E-state index in [1.165, 1.54) is 0 Å². The minimum atomic E-state index is -0.0315. The number of pyridine rings is 1. The number of nitrogens with one attached hydrogen (secondary N) is 1. The minimum absolute atomic E-state index is 0.0315. The maximum atomic E-state index is 11.8. The monoisotopic (exact) mass is 273 g/mol. The van der Waals surface area contributed by atoms with Gasteiger partial charge in [0.05, 0.1) is 11.9 Å². The normalized spacial score (nSPS) is 12.1. The summed E-state index contributed by atoms with van der Waals surface area (Å²) in [4.78, 5) is 16.1. The Kier molecular flexibility index (Phi) is 4.84. The molecule has 0 fully saturated rings. The van der Waals surface area contributed by atoms with Crippen LogP contribution in [0.3, 0.4) is 0 Å². The van der Waals surface area contributed by atoms with Crippen LogP contribution in [0.15, 0.2) is 36.8 Å². The van der Waals surface area contributed by atoms with E-state index in [9.17, 15) is 4.79 Å². The summed E-state index contributed by atoms with van der Waals surface area (Å²) in [5.41, 5.74) is 6.28. The first-order valence-corrected chi connectivity index (χ1v) is 6.69. The Hall–Kier alpha value is -2.21. The van der Waals surface area contributed by atoms with Crippen molar-refractivity contribution in [3.05, 3.63) is 36.8 Å². The summed E-state index contributed by atoms with van der Waals surface area (Å²) in [6, 6.07) is 5.45. The molecule has 3 N–H and O–H groups in total. The van der Waals surface area contributed by atoms with E-state index >= 15 is 0 Å². The number of carbonyl (C=O) groups excluding carboxylic acids is 1. The van der Waals surface area contributed by atoms with Crippen LogP contribution in [0, 0.1) is 5.92 Å². The number of rotatable bonds is 6. The van der Waals surface area contributed by atoms with Crippen molar-refractivity contribution >= 4 is 11.6 Å². The van der Waals surface area contributed by atoms with Gasteiger partial charge in [0, 0.05) is 18.8 Å². The van der Waals surface area contributed by atoms with Crippen molar-refractivity contribution in [1.82, 2.24) is 14.8 Å². The fraction of sp³-hybridized carbons (Fsp3) is 0.357. The fourth-order valence-electron chi connectivity index (χ4n) is 1.87. The Bertz CT molecular complexity index is 531. The molecule has 20 heavy (non-hydrogen) atoms. The first-order valence-electron chi connectivity index (χ1n) is 6.69. The summed E-state index contributed by atoms with van der Waals surface area (Å²) in [5, 5.41) is 6.92. The van der Waals surface area contributed by atoms with Crippen molar-refractivity contribution in [3.63, 3.8) is 0 Å². The molecule has 6 nitrogen and oxygen atoms in total. The van der Waals surface area contributed by atoms with Crippen LogP contribution in [0.25, 0.3) is 5.82 Å². The van der Waals surface area contributed by atoms with Gasteiger partial charge in [-0.05, 0) is 30.7 Å². The van der Waals surface area contributed by atoms with E-state index in [1.807, 2.05) is 31.3 Å². The van der Waals surface area contributed by atoms with Crippen LogP contribution in [0.2, 0.25) is 0 Å². The molecule has 106 valence electrons. The second-order valence-electron chi connectivity index (χ2n) is 4.62. The second kappa shape index (κ2) is 6.81. The van der Waals surface area contributed by atoms with E-state index in [0.29, 0.717) is 24.5 Å². The van der Waals surface area contributed by atoms with Crippen LogP contribution in [0.5, 0.6) is 0 Å². The lowest BCUT2D eigenvalue weighted by molar-refractivity contribution is -0.117. The van der Waals surface area contributed by atoms with Gasteiger partial charge in [-0.2, -0.15) is 5.10 Å². The molecule has 2 aromatic heterocycles. The molecule has 0 spiro atoms. The number of nitrogens with zero attached hydrogens (tertiary/aromatic N) is 3. The Labute approximate surface area is 118 Å². The van der Waals surface area contributed by atoms with E-state index in [1.54, 1.807) is 17.1 Å². The standard InChI is InChI=1S/C14H19N5O/c1-2-11(9-15)8-14(20)18-12-4-5-13(16-10-12)19-7-3-6-17-19/h3-7,10-11H,2,8-9,15H2,1H3,(H,18,20). The largest absolute Gasteiger partial charge is 0.330 e. The molecule has 0 aliphatic rings. The molecule has 0 aliphatic carbocycles. The molecule has 1 unspecified atom stereocenters. The number of nitrogens with two attached hydrogens (primary N) is 1. The quantitative estimate of drug-likeness (QED) is 0.836. The summed E-state index contributed by atoms with van der Waals surface area (Å²) < 4.78 is 1.66. The fourth-order valence-corrected chi connectivity index (χ4v) is 1.87. The first kappa shape index (κ1) is 14.2. The highest BCUT2D eigenvalue weighted by Gasteiger charge is 2.10. The third-order valence-electron chi connectivity index (χ3n) is 3.16. The van der Waals surface area contributed by atoms with Gasteiger partial charge in [0.25, 0.3) is 0 Å². The van der Waals surface area contributed by atoms with E-state index in [2.05, 4.69) is 15.4 Å². The van der Waals surface area contributed by atoms with E-state index < -0.39 is 0 Å². The molecule has 6 heteroatoms. The number of amides is 1. The second-order valence-corrected chi connectivity index (χ2v) is 4.62. The molecular weight excluding hydrogens is 254 g/mol. The van der Waals surface area contributed by atoms with Crippen molar-refractivity contribution in [2.45, 2.75) is 19.8 Å². The Morgan fingerprint density at radius 3 is 2.90 bits per heavy atom. The number of hydrogen-bond acceptors (Lipinski definition) is 4. The molecule has 0 bridgehead atoms. The number of carbonyl (C=O) groups is 1. The van der Waals surface area contributed by atoms with Crippen LogP contribution in [-0.2, 0) is 4.79 Å². The minimum Gasteiger partial charge on any atom is -0.330 e. The zero-order valence-corrected chi connectivity index (χ0v) is 11.5. The van der Waals surface area contributed by atoms with Crippen LogP contribution >= 0.6 is 0 Å². The molecule has 0 aromatic carbocycles. The molecular formula is C14H19N5O. The lowest BCUT2D eigenvalue weighted by atomic mass is 10.0. The molecule has 1 amide bonds. The van der Waals surface area contributed by atoms with Gasteiger partial charge in [0.15, 0.2) is 5.82 Å². The number of hydrogen-bond donors (Lipinski definition) is 2. The summed E-state index contributed by atoms with van der Waals surface area (Å²) >= 11 is 0. The molecule has 0 aliphatic heterocycles. The van der Waals surface area contributed by atoms with Gasteiger partial charge in [-0.25, -0.2) is 9.67 Å². The smallest absolute Gasteiger partial charge is 0.224 e. The van der Waals surface area contributed by atoms with E-state index in [0.717, 1.165) is 6.42 Å². The molecule has 0 radical (unpaired) electrons. The highest BCUT2D eigenvalue weighted by atomic mass is 16.1.